The molecule has 1 aromatic rings. The summed E-state index contributed by atoms with van der Waals surface area (Å²) in [5, 5.41) is 8.58. The van der Waals surface area contributed by atoms with Crippen LogP contribution in [-0.4, -0.2) is 4.98 Å². The number of pyridine rings is 1. The molecule has 74 valence electrons. The SMILES string of the molecule is N#Cc1cc(C(F)F)[nH]c(=O)c1CN. The van der Waals surface area contributed by atoms with Crippen LogP contribution < -0.4 is 11.3 Å². The Morgan fingerprint density at radius 3 is 2.71 bits per heavy atom. The Labute approximate surface area is 78.0 Å². The predicted octanol–water partition coefficient (Wildman–Crippen LogP) is 0.643. The van der Waals surface area contributed by atoms with E-state index in [1.165, 1.54) is 0 Å². The monoisotopic (exact) mass is 199 g/mol. The molecule has 0 amide bonds. The Kier molecular flexibility index (Phi) is 2.94. The van der Waals surface area contributed by atoms with Gasteiger partial charge in [0, 0.05) is 12.1 Å². The van der Waals surface area contributed by atoms with Crippen LogP contribution in [0.2, 0.25) is 0 Å². The Balaban J connectivity index is 3.41. The smallest absolute Gasteiger partial charge is 0.278 e. The second-order valence-corrected chi connectivity index (χ2v) is 2.56. The number of halogens is 2. The van der Waals surface area contributed by atoms with E-state index < -0.39 is 17.7 Å². The molecule has 0 unspecified atom stereocenters. The first-order chi connectivity index (χ1) is 6.60. The van der Waals surface area contributed by atoms with Crippen molar-refractivity contribution in [2.45, 2.75) is 13.0 Å². The summed E-state index contributed by atoms with van der Waals surface area (Å²) < 4.78 is 24.4. The molecule has 0 radical (unpaired) electrons. The van der Waals surface area contributed by atoms with Crippen LogP contribution in [0.1, 0.15) is 23.2 Å². The second kappa shape index (κ2) is 3.98. The number of aromatic amines is 1. The fourth-order valence-electron chi connectivity index (χ4n) is 1.03. The number of nitrogens with zero attached hydrogens (tertiary/aromatic N) is 1. The summed E-state index contributed by atoms with van der Waals surface area (Å²) in [4.78, 5) is 13.1. The van der Waals surface area contributed by atoms with Crippen molar-refractivity contribution in [2.75, 3.05) is 0 Å². The Bertz CT molecular complexity index is 433. The van der Waals surface area contributed by atoms with E-state index >= 15 is 0 Å². The van der Waals surface area contributed by atoms with Gasteiger partial charge in [0.25, 0.3) is 12.0 Å². The van der Waals surface area contributed by atoms with E-state index in [-0.39, 0.29) is 17.7 Å². The van der Waals surface area contributed by atoms with Crippen molar-refractivity contribution < 1.29 is 8.78 Å². The molecule has 0 aliphatic carbocycles. The number of nitriles is 1. The number of H-pyrrole nitrogens is 1. The van der Waals surface area contributed by atoms with Gasteiger partial charge in [0.05, 0.1) is 17.3 Å². The maximum absolute atomic E-state index is 12.2. The third kappa shape index (κ3) is 1.78. The van der Waals surface area contributed by atoms with Gasteiger partial charge in [0.2, 0.25) is 0 Å². The molecule has 6 heteroatoms. The zero-order valence-corrected chi connectivity index (χ0v) is 7.05. The molecule has 4 nitrogen and oxygen atoms in total. The first kappa shape index (κ1) is 10.3. The van der Waals surface area contributed by atoms with Crippen molar-refractivity contribution in [2.24, 2.45) is 5.73 Å². The molecule has 0 spiro atoms. The molecular formula is C8H7F2N3O. The molecule has 0 atom stereocenters. The Morgan fingerprint density at radius 2 is 2.29 bits per heavy atom. The third-order valence-corrected chi connectivity index (χ3v) is 1.72. The van der Waals surface area contributed by atoms with Crippen molar-refractivity contribution in [1.29, 1.82) is 5.26 Å². The molecule has 0 aliphatic heterocycles. The average Bonchev–Trinajstić information content (AvgIpc) is 2.16. The van der Waals surface area contributed by atoms with Gasteiger partial charge in [-0.1, -0.05) is 0 Å². The average molecular weight is 199 g/mol. The van der Waals surface area contributed by atoms with Crippen LogP contribution in [-0.2, 0) is 6.54 Å². The van der Waals surface area contributed by atoms with Gasteiger partial charge in [0.1, 0.15) is 0 Å². The number of hydrogen-bond acceptors (Lipinski definition) is 3. The van der Waals surface area contributed by atoms with Crippen LogP contribution >= 0.6 is 0 Å². The van der Waals surface area contributed by atoms with Gasteiger partial charge >= 0.3 is 0 Å². The summed E-state index contributed by atoms with van der Waals surface area (Å²) >= 11 is 0. The van der Waals surface area contributed by atoms with E-state index in [0.717, 1.165) is 6.07 Å². The van der Waals surface area contributed by atoms with Crippen molar-refractivity contribution in [1.82, 2.24) is 4.98 Å². The Morgan fingerprint density at radius 1 is 1.64 bits per heavy atom. The van der Waals surface area contributed by atoms with Crippen LogP contribution in [0, 0.1) is 11.3 Å². The normalized spacial score (nSPS) is 10.2. The predicted molar refractivity (Wildman–Crippen MR) is 44.6 cm³/mol. The van der Waals surface area contributed by atoms with E-state index in [4.69, 9.17) is 11.0 Å². The highest BCUT2D eigenvalue weighted by atomic mass is 19.3. The van der Waals surface area contributed by atoms with E-state index in [0.29, 0.717) is 0 Å². The maximum atomic E-state index is 12.2. The van der Waals surface area contributed by atoms with E-state index in [2.05, 4.69) is 0 Å². The molecule has 14 heavy (non-hydrogen) atoms. The fourth-order valence-corrected chi connectivity index (χ4v) is 1.03. The molecule has 0 aliphatic rings. The van der Waals surface area contributed by atoms with Gasteiger partial charge in [-0.15, -0.1) is 0 Å². The quantitative estimate of drug-likeness (QED) is 0.733. The van der Waals surface area contributed by atoms with Crippen LogP contribution in [0.25, 0.3) is 0 Å². The van der Waals surface area contributed by atoms with E-state index in [9.17, 15) is 13.6 Å². The molecule has 1 rings (SSSR count). The van der Waals surface area contributed by atoms with Crippen LogP contribution in [0.3, 0.4) is 0 Å². The molecule has 3 N–H and O–H groups in total. The molecule has 0 aromatic carbocycles. The number of hydrogen-bond donors (Lipinski definition) is 2. The van der Waals surface area contributed by atoms with E-state index in [1.807, 2.05) is 4.98 Å². The van der Waals surface area contributed by atoms with Crippen LogP contribution in [0.4, 0.5) is 8.78 Å². The third-order valence-electron chi connectivity index (χ3n) is 1.72. The lowest BCUT2D eigenvalue weighted by Crippen LogP contribution is -2.19. The van der Waals surface area contributed by atoms with Gasteiger partial charge in [-0.05, 0) is 6.07 Å². The molecule has 0 saturated heterocycles. The largest absolute Gasteiger partial charge is 0.326 e. The topological polar surface area (TPSA) is 82.7 Å². The highest BCUT2D eigenvalue weighted by molar-refractivity contribution is 5.37. The number of rotatable bonds is 2. The minimum Gasteiger partial charge on any atom is -0.326 e. The summed E-state index contributed by atoms with van der Waals surface area (Å²) in [5.74, 6) is 0. The highest BCUT2D eigenvalue weighted by Crippen LogP contribution is 2.16. The standard InChI is InChI=1S/C8H7F2N3O/c9-7(10)6-1-4(2-11)5(3-12)8(14)13-6/h1,7H,3,12H2,(H,13,14). The summed E-state index contributed by atoms with van der Waals surface area (Å²) in [6, 6.07) is 2.59. The summed E-state index contributed by atoms with van der Waals surface area (Å²) in [7, 11) is 0. The van der Waals surface area contributed by atoms with Crippen molar-refractivity contribution in [3.8, 4) is 6.07 Å². The number of nitrogens with two attached hydrogens (primary N) is 1. The lowest BCUT2D eigenvalue weighted by Gasteiger charge is -2.03. The lowest BCUT2D eigenvalue weighted by atomic mass is 10.1. The Hall–Kier alpha value is -1.74. The maximum Gasteiger partial charge on any atom is 0.278 e. The summed E-state index contributed by atoms with van der Waals surface area (Å²) in [5.41, 5.74) is 3.81. The van der Waals surface area contributed by atoms with Crippen LogP contribution in [0.5, 0.6) is 0 Å². The minimum absolute atomic E-state index is 0.0249. The zero-order valence-electron chi connectivity index (χ0n) is 7.05. The zero-order chi connectivity index (χ0) is 10.7. The van der Waals surface area contributed by atoms with Crippen molar-refractivity contribution >= 4 is 0 Å². The second-order valence-electron chi connectivity index (χ2n) is 2.56. The number of alkyl halides is 2. The first-order valence-electron chi connectivity index (χ1n) is 3.74. The summed E-state index contributed by atoms with van der Waals surface area (Å²) in [6.45, 7) is -0.151. The fraction of sp³-hybridized carbons (Fsp3) is 0.250. The van der Waals surface area contributed by atoms with Crippen LogP contribution in [0.15, 0.2) is 10.9 Å². The highest BCUT2D eigenvalue weighted by Gasteiger charge is 2.13. The molecule has 0 saturated carbocycles. The summed E-state index contributed by atoms with van der Waals surface area (Å²) in [6.07, 6.45) is -2.80. The first-order valence-corrected chi connectivity index (χ1v) is 3.74. The molecule has 1 heterocycles. The van der Waals surface area contributed by atoms with Gasteiger partial charge < -0.3 is 10.7 Å². The van der Waals surface area contributed by atoms with Gasteiger partial charge in [-0.25, -0.2) is 8.78 Å². The minimum atomic E-state index is -2.80. The molecular weight excluding hydrogens is 192 g/mol. The van der Waals surface area contributed by atoms with E-state index in [1.54, 1.807) is 6.07 Å². The van der Waals surface area contributed by atoms with Gasteiger partial charge in [-0.3, -0.25) is 4.79 Å². The van der Waals surface area contributed by atoms with Crippen molar-refractivity contribution in [3.05, 3.63) is 33.2 Å². The number of nitrogens with one attached hydrogen (secondary N) is 1. The molecule has 0 fully saturated rings. The van der Waals surface area contributed by atoms with Gasteiger partial charge in [-0.2, -0.15) is 5.26 Å². The van der Waals surface area contributed by atoms with Crippen molar-refractivity contribution in [3.63, 3.8) is 0 Å². The lowest BCUT2D eigenvalue weighted by molar-refractivity contribution is 0.145. The molecule has 1 aromatic heterocycles. The number of aromatic nitrogens is 1. The molecule has 0 bridgehead atoms. The van der Waals surface area contributed by atoms with Gasteiger partial charge in [0.15, 0.2) is 0 Å².